The van der Waals surface area contributed by atoms with E-state index in [1.54, 1.807) is 30.3 Å². The fraction of sp³-hybridized carbons (Fsp3) is 0.333. The number of fused-ring (bicyclic) bond motifs is 2. The van der Waals surface area contributed by atoms with Crippen molar-refractivity contribution in [1.29, 1.82) is 0 Å². The van der Waals surface area contributed by atoms with Crippen LogP contribution in [0.25, 0.3) is 0 Å². The summed E-state index contributed by atoms with van der Waals surface area (Å²) in [6.45, 7) is 2.07. The van der Waals surface area contributed by atoms with E-state index in [9.17, 15) is 19.2 Å². The maximum Gasteiger partial charge on any atom is 0.262 e. The molecule has 1 fully saturated rings. The van der Waals surface area contributed by atoms with Crippen LogP contribution in [-0.2, 0) is 29.2 Å². The topological polar surface area (TPSA) is 134 Å². The number of nitrogens with zero attached hydrogens (tertiary/aromatic N) is 2. The molecule has 4 N–H and O–H groups in total. The molecule has 10 heteroatoms. The lowest BCUT2D eigenvalue weighted by Crippen LogP contribution is -2.33. The Morgan fingerprint density at radius 2 is 1.72 bits per heavy atom. The normalized spacial score (nSPS) is 15.2. The van der Waals surface area contributed by atoms with Crippen molar-refractivity contribution in [1.82, 2.24) is 9.80 Å². The molecule has 222 valence electrons. The molecule has 10 nitrogen and oxygen atoms in total. The Morgan fingerprint density at radius 3 is 2.49 bits per heavy atom. The molecule has 0 unspecified atom stereocenters. The zero-order valence-electron chi connectivity index (χ0n) is 23.9. The van der Waals surface area contributed by atoms with Crippen LogP contribution < -0.4 is 21.1 Å². The van der Waals surface area contributed by atoms with Crippen LogP contribution in [0.15, 0.2) is 60.7 Å². The summed E-state index contributed by atoms with van der Waals surface area (Å²) in [6.07, 6.45) is 4.04. The van der Waals surface area contributed by atoms with Gasteiger partial charge in [-0.2, -0.15) is 0 Å². The maximum absolute atomic E-state index is 13.4. The van der Waals surface area contributed by atoms with Crippen LogP contribution >= 0.6 is 0 Å². The number of hydrogen-bond acceptors (Lipinski definition) is 6. The Bertz CT molecular complexity index is 1570. The molecule has 0 radical (unpaired) electrons. The molecule has 3 aromatic carbocycles. The summed E-state index contributed by atoms with van der Waals surface area (Å²) in [4.78, 5) is 54.3. The second kappa shape index (κ2) is 12.3. The van der Waals surface area contributed by atoms with Crippen LogP contribution in [0, 0.1) is 0 Å². The van der Waals surface area contributed by atoms with E-state index in [0.29, 0.717) is 60.9 Å². The fourth-order valence-electron chi connectivity index (χ4n) is 5.52. The Hall–Kier alpha value is -4.70. The van der Waals surface area contributed by atoms with Gasteiger partial charge in [0.25, 0.3) is 17.7 Å². The van der Waals surface area contributed by atoms with Crippen LogP contribution in [0.3, 0.4) is 0 Å². The predicted octanol–water partition coefficient (Wildman–Crippen LogP) is 4.05. The summed E-state index contributed by atoms with van der Waals surface area (Å²) in [5, 5.41) is 5.72. The average molecular weight is 582 g/mol. The number of carbonyl (C=O) groups is 4. The number of benzene rings is 3. The van der Waals surface area contributed by atoms with Crippen LogP contribution in [-0.4, -0.2) is 52.6 Å². The van der Waals surface area contributed by atoms with Gasteiger partial charge in [-0.05, 0) is 91.4 Å². The van der Waals surface area contributed by atoms with Crippen molar-refractivity contribution in [2.75, 3.05) is 23.8 Å². The minimum absolute atomic E-state index is 0.0705. The van der Waals surface area contributed by atoms with Crippen LogP contribution in [0.5, 0.6) is 5.75 Å². The molecule has 0 bridgehead atoms. The highest BCUT2D eigenvalue weighted by atomic mass is 16.5. The average Bonchev–Trinajstić information content (AvgIpc) is 3.77. The quantitative estimate of drug-likeness (QED) is 0.310. The van der Waals surface area contributed by atoms with E-state index in [-0.39, 0.29) is 36.3 Å². The van der Waals surface area contributed by atoms with Crippen molar-refractivity contribution < 1.29 is 23.9 Å². The second-order valence-corrected chi connectivity index (χ2v) is 11.3. The molecule has 43 heavy (non-hydrogen) atoms. The van der Waals surface area contributed by atoms with E-state index in [1.165, 1.54) is 0 Å². The zero-order valence-corrected chi connectivity index (χ0v) is 23.9. The lowest BCUT2D eigenvalue weighted by molar-refractivity contribution is -0.131. The van der Waals surface area contributed by atoms with Gasteiger partial charge in [0.2, 0.25) is 5.91 Å². The van der Waals surface area contributed by atoms with Crippen molar-refractivity contribution >= 4 is 35.0 Å². The second-order valence-electron chi connectivity index (χ2n) is 11.3. The molecule has 6 rings (SSSR count). The lowest BCUT2D eigenvalue weighted by atomic mass is 10.1. The summed E-state index contributed by atoms with van der Waals surface area (Å²) in [5.74, 6) is 0.0773. The van der Waals surface area contributed by atoms with Crippen molar-refractivity contribution in [2.24, 2.45) is 5.73 Å². The van der Waals surface area contributed by atoms with E-state index in [1.807, 2.05) is 40.1 Å². The standard InChI is InChI=1S/C33H35N5O5/c34-14-2-1-3-31(40)37-18-24-8-10-26(15-25(24)19-37)35-32(41)22-6-4-21(5-7-22)17-38(27-11-12-27)33(42)23-9-13-28-29(16-23)43-20-30(39)36-28/h4-10,13,15-16,27H,1-3,11-12,14,17-20,34H2,(H,35,41)(H,36,39). The lowest BCUT2D eigenvalue weighted by Gasteiger charge is -2.24. The van der Waals surface area contributed by atoms with Gasteiger partial charge in [0.15, 0.2) is 6.61 Å². The highest BCUT2D eigenvalue weighted by molar-refractivity contribution is 6.04. The van der Waals surface area contributed by atoms with Crippen LogP contribution in [0.1, 0.15) is 69.5 Å². The summed E-state index contributed by atoms with van der Waals surface area (Å²) < 4.78 is 5.49. The first-order valence-electron chi connectivity index (χ1n) is 14.8. The van der Waals surface area contributed by atoms with E-state index < -0.39 is 0 Å². The minimum Gasteiger partial charge on any atom is -0.482 e. The van der Waals surface area contributed by atoms with Gasteiger partial charge in [0.1, 0.15) is 5.75 Å². The van der Waals surface area contributed by atoms with E-state index in [2.05, 4.69) is 10.6 Å². The number of ether oxygens (including phenoxy) is 1. The van der Waals surface area contributed by atoms with Gasteiger partial charge in [-0.1, -0.05) is 18.2 Å². The van der Waals surface area contributed by atoms with Gasteiger partial charge in [0, 0.05) is 48.9 Å². The van der Waals surface area contributed by atoms with E-state index >= 15 is 0 Å². The van der Waals surface area contributed by atoms with Gasteiger partial charge in [-0.3, -0.25) is 19.2 Å². The maximum atomic E-state index is 13.4. The molecular weight excluding hydrogens is 546 g/mol. The van der Waals surface area contributed by atoms with Crippen LogP contribution in [0.2, 0.25) is 0 Å². The molecule has 3 aliphatic rings. The number of nitrogens with one attached hydrogen (secondary N) is 2. The van der Waals surface area contributed by atoms with E-state index in [4.69, 9.17) is 10.5 Å². The summed E-state index contributed by atoms with van der Waals surface area (Å²) >= 11 is 0. The summed E-state index contributed by atoms with van der Waals surface area (Å²) in [7, 11) is 0. The molecular formula is C33H35N5O5. The Kier molecular flexibility index (Phi) is 8.11. The molecule has 2 heterocycles. The number of amides is 4. The number of rotatable bonds is 10. The zero-order chi connectivity index (χ0) is 29.9. The van der Waals surface area contributed by atoms with Crippen molar-refractivity contribution in [3.05, 3.63) is 88.5 Å². The van der Waals surface area contributed by atoms with Gasteiger partial charge in [-0.15, -0.1) is 0 Å². The van der Waals surface area contributed by atoms with E-state index in [0.717, 1.165) is 42.4 Å². The molecule has 3 aromatic rings. The van der Waals surface area contributed by atoms with Crippen molar-refractivity contribution in [3.63, 3.8) is 0 Å². The number of unbranched alkanes of at least 4 members (excludes halogenated alkanes) is 1. The third-order valence-corrected chi connectivity index (χ3v) is 8.06. The first-order valence-corrected chi connectivity index (χ1v) is 14.8. The number of hydrogen-bond donors (Lipinski definition) is 3. The number of carbonyl (C=O) groups excluding carboxylic acids is 4. The van der Waals surface area contributed by atoms with Gasteiger partial charge in [-0.25, -0.2) is 0 Å². The SMILES string of the molecule is NCCCCC(=O)N1Cc2ccc(NC(=O)c3ccc(CN(C(=O)c4ccc5c(c4)OCC(=O)N5)C4CC4)cc3)cc2C1. The Morgan fingerprint density at radius 1 is 0.953 bits per heavy atom. The largest absolute Gasteiger partial charge is 0.482 e. The molecule has 0 aromatic heterocycles. The third kappa shape index (κ3) is 6.54. The molecule has 0 atom stereocenters. The first kappa shape index (κ1) is 28.4. The highest BCUT2D eigenvalue weighted by Gasteiger charge is 2.33. The molecule has 1 saturated carbocycles. The third-order valence-electron chi connectivity index (χ3n) is 8.06. The molecule has 4 amide bonds. The smallest absolute Gasteiger partial charge is 0.262 e. The Balaban J connectivity index is 1.07. The molecule has 0 spiro atoms. The highest BCUT2D eigenvalue weighted by Crippen LogP contribution is 2.33. The number of anilines is 2. The van der Waals surface area contributed by atoms with Crippen molar-refractivity contribution in [2.45, 2.75) is 57.8 Å². The fourth-order valence-corrected chi connectivity index (χ4v) is 5.52. The summed E-state index contributed by atoms with van der Waals surface area (Å²) in [6, 6.07) is 18.3. The van der Waals surface area contributed by atoms with Crippen LogP contribution in [0.4, 0.5) is 11.4 Å². The molecule has 2 aliphatic heterocycles. The summed E-state index contributed by atoms with van der Waals surface area (Å²) in [5.41, 5.74) is 10.9. The monoisotopic (exact) mass is 581 g/mol. The van der Waals surface area contributed by atoms with Gasteiger partial charge >= 0.3 is 0 Å². The Labute approximate surface area is 250 Å². The van der Waals surface area contributed by atoms with Gasteiger partial charge < -0.3 is 30.9 Å². The molecule has 0 saturated heterocycles. The predicted molar refractivity (Wildman–Crippen MR) is 161 cm³/mol. The number of nitrogens with two attached hydrogens (primary N) is 1. The van der Waals surface area contributed by atoms with Crippen molar-refractivity contribution in [3.8, 4) is 5.75 Å². The molecule has 1 aliphatic carbocycles. The minimum atomic E-state index is -0.226. The van der Waals surface area contributed by atoms with Gasteiger partial charge in [0.05, 0.1) is 5.69 Å². The first-order chi connectivity index (χ1) is 20.9.